The van der Waals surface area contributed by atoms with Crippen molar-refractivity contribution < 1.29 is 9.59 Å². The van der Waals surface area contributed by atoms with Gasteiger partial charge in [-0.3, -0.25) is 14.5 Å². The Bertz CT molecular complexity index is 749. The molecule has 4 heteroatoms. The number of hydrogen-bond acceptors (Lipinski definition) is 2. The molecule has 116 valence electrons. The van der Waals surface area contributed by atoms with E-state index in [-0.39, 0.29) is 23.8 Å². The van der Waals surface area contributed by atoms with E-state index < -0.39 is 0 Å². The van der Waals surface area contributed by atoms with E-state index in [1.54, 1.807) is 24.3 Å². The molecule has 0 aromatic heterocycles. The Hall–Kier alpha value is -2.13. The molecule has 0 radical (unpaired) electrons. The molecule has 2 aromatic carbocycles. The van der Waals surface area contributed by atoms with Gasteiger partial charge in [0.05, 0.1) is 11.1 Å². The number of carbonyl (C=O) groups excluding carboxylic acids is 2. The molecule has 0 bridgehead atoms. The van der Waals surface area contributed by atoms with E-state index in [2.05, 4.69) is 0 Å². The topological polar surface area (TPSA) is 37.4 Å². The third kappa shape index (κ3) is 2.27. The van der Waals surface area contributed by atoms with Gasteiger partial charge in [-0.15, -0.1) is 0 Å². The predicted molar refractivity (Wildman–Crippen MR) is 88.8 cm³/mol. The quantitative estimate of drug-likeness (QED) is 0.773. The third-order valence-electron chi connectivity index (χ3n) is 4.93. The van der Waals surface area contributed by atoms with Gasteiger partial charge in [-0.25, -0.2) is 0 Å². The molecule has 2 amide bonds. The summed E-state index contributed by atoms with van der Waals surface area (Å²) in [6.45, 7) is 0. The summed E-state index contributed by atoms with van der Waals surface area (Å²) < 4.78 is 0. The van der Waals surface area contributed by atoms with E-state index in [9.17, 15) is 9.59 Å². The molecule has 23 heavy (non-hydrogen) atoms. The van der Waals surface area contributed by atoms with Crippen molar-refractivity contribution in [3.8, 4) is 0 Å². The number of amides is 2. The van der Waals surface area contributed by atoms with Crippen LogP contribution in [0.2, 0.25) is 5.02 Å². The molecule has 0 unspecified atom stereocenters. The fourth-order valence-corrected chi connectivity index (χ4v) is 3.98. The van der Waals surface area contributed by atoms with Crippen molar-refractivity contribution in [2.24, 2.45) is 0 Å². The van der Waals surface area contributed by atoms with Crippen LogP contribution in [0.15, 0.2) is 48.5 Å². The first-order chi connectivity index (χ1) is 11.2. The molecule has 2 atom stereocenters. The molecule has 1 heterocycles. The van der Waals surface area contributed by atoms with Gasteiger partial charge in [0.25, 0.3) is 11.8 Å². The highest BCUT2D eigenvalue weighted by atomic mass is 35.5. The maximum Gasteiger partial charge on any atom is 0.261 e. The van der Waals surface area contributed by atoms with Crippen LogP contribution in [0.5, 0.6) is 0 Å². The van der Waals surface area contributed by atoms with Gasteiger partial charge >= 0.3 is 0 Å². The molecule has 0 N–H and O–H groups in total. The Balaban J connectivity index is 1.69. The van der Waals surface area contributed by atoms with Crippen LogP contribution < -0.4 is 0 Å². The Labute approximate surface area is 139 Å². The minimum Gasteiger partial charge on any atom is -0.271 e. The summed E-state index contributed by atoms with van der Waals surface area (Å²) in [5, 5.41) is 0.698. The highest BCUT2D eigenvalue weighted by Crippen LogP contribution is 2.41. The van der Waals surface area contributed by atoms with Crippen molar-refractivity contribution in [3.63, 3.8) is 0 Å². The maximum absolute atomic E-state index is 12.7. The van der Waals surface area contributed by atoms with Gasteiger partial charge in [-0.2, -0.15) is 0 Å². The summed E-state index contributed by atoms with van der Waals surface area (Å²) in [5.74, 6) is -0.123. The highest BCUT2D eigenvalue weighted by molar-refractivity contribution is 6.30. The van der Waals surface area contributed by atoms with Crippen LogP contribution in [0, 0.1) is 0 Å². The first-order valence-electron chi connectivity index (χ1n) is 7.89. The van der Waals surface area contributed by atoms with Gasteiger partial charge in [-0.05, 0) is 42.7 Å². The molecule has 4 rings (SSSR count). The standard InChI is InChI=1S/C19H16ClNO2/c20-13-10-8-12(9-11-13)14-6-3-7-17(14)21-18(22)15-4-1-2-5-16(15)19(21)23/h1-2,4-5,8-11,14,17H,3,6-7H2/t14-,17-/m0/s1. The van der Waals surface area contributed by atoms with Gasteiger partial charge in [0.2, 0.25) is 0 Å². The summed E-state index contributed by atoms with van der Waals surface area (Å²) in [5.41, 5.74) is 2.20. The molecule has 1 aliphatic heterocycles. The molecule has 0 spiro atoms. The van der Waals surface area contributed by atoms with Crippen molar-refractivity contribution in [1.82, 2.24) is 4.90 Å². The van der Waals surface area contributed by atoms with Crippen LogP contribution in [0.4, 0.5) is 0 Å². The zero-order valence-corrected chi connectivity index (χ0v) is 13.3. The number of imide groups is 1. The average molecular weight is 326 g/mol. The number of carbonyl (C=O) groups is 2. The van der Waals surface area contributed by atoms with Gasteiger partial charge in [0.15, 0.2) is 0 Å². The number of benzene rings is 2. The molecule has 2 aliphatic rings. The predicted octanol–water partition coefficient (Wildman–Crippen LogP) is 4.27. The van der Waals surface area contributed by atoms with Gasteiger partial charge < -0.3 is 0 Å². The lowest BCUT2D eigenvalue weighted by atomic mass is 9.93. The van der Waals surface area contributed by atoms with Crippen LogP contribution in [0.3, 0.4) is 0 Å². The molecule has 0 saturated heterocycles. The molecule has 2 aromatic rings. The fraction of sp³-hybridized carbons (Fsp3) is 0.263. The minimum atomic E-state index is -0.156. The lowest BCUT2D eigenvalue weighted by Gasteiger charge is -2.28. The van der Waals surface area contributed by atoms with E-state index in [1.165, 1.54) is 4.90 Å². The number of fused-ring (bicyclic) bond motifs is 1. The van der Waals surface area contributed by atoms with Crippen LogP contribution in [0.1, 0.15) is 51.5 Å². The van der Waals surface area contributed by atoms with Crippen molar-refractivity contribution in [1.29, 1.82) is 0 Å². The Morgan fingerprint density at radius 2 is 1.48 bits per heavy atom. The van der Waals surface area contributed by atoms with Gasteiger partial charge in [-0.1, -0.05) is 42.3 Å². The van der Waals surface area contributed by atoms with Gasteiger partial charge in [0.1, 0.15) is 0 Å². The second-order valence-electron chi connectivity index (χ2n) is 6.18. The molecular weight excluding hydrogens is 310 g/mol. The van der Waals surface area contributed by atoms with E-state index in [1.807, 2.05) is 24.3 Å². The fourth-order valence-electron chi connectivity index (χ4n) is 3.86. The molecule has 1 aliphatic carbocycles. The molecule has 1 fully saturated rings. The van der Waals surface area contributed by atoms with Crippen LogP contribution in [-0.4, -0.2) is 22.8 Å². The number of rotatable bonds is 2. The van der Waals surface area contributed by atoms with E-state index >= 15 is 0 Å². The second-order valence-corrected chi connectivity index (χ2v) is 6.62. The van der Waals surface area contributed by atoms with E-state index in [4.69, 9.17) is 11.6 Å². The summed E-state index contributed by atoms with van der Waals surface area (Å²) in [6, 6.07) is 14.8. The molecular formula is C19H16ClNO2. The zero-order valence-electron chi connectivity index (χ0n) is 12.5. The van der Waals surface area contributed by atoms with E-state index in [0.29, 0.717) is 16.1 Å². The summed E-state index contributed by atoms with van der Waals surface area (Å²) in [6.07, 6.45) is 2.86. The van der Waals surface area contributed by atoms with Crippen molar-refractivity contribution in [2.75, 3.05) is 0 Å². The number of hydrogen-bond donors (Lipinski definition) is 0. The number of halogens is 1. The average Bonchev–Trinajstić information content (AvgIpc) is 3.13. The van der Waals surface area contributed by atoms with E-state index in [0.717, 1.165) is 24.8 Å². The smallest absolute Gasteiger partial charge is 0.261 e. The summed E-state index contributed by atoms with van der Waals surface area (Å²) in [4.78, 5) is 26.9. The maximum atomic E-state index is 12.7. The minimum absolute atomic E-state index is 0.0661. The lowest BCUT2D eigenvalue weighted by Crippen LogP contribution is -2.41. The second kappa shape index (κ2) is 5.50. The Morgan fingerprint density at radius 3 is 2.09 bits per heavy atom. The Morgan fingerprint density at radius 1 is 0.870 bits per heavy atom. The first-order valence-corrected chi connectivity index (χ1v) is 8.27. The lowest BCUT2D eigenvalue weighted by molar-refractivity contribution is 0.0574. The van der Waals surface area contributed by atoms with Crippen LogP contribution in [-0.2, 0) is 0 Å². The first kappa shape index (κ1) is 14.5. The summed E-state index contributed by atoms with van der Waals surface area (Å²) in [7, 11) is 0. The molecule has 3 nitrogen and oxygen atoms in total. The third-order valence-corrected chi connectivity index (χ3v) is 5.19. The summed E-state index contributed by atoms with van der Waals surface area (Å²) >= 11 is 5.97. The normalized spacial score (nSPS) is 23.4. The Kier molecular flexibility index (Phi) is 3.46. The van der Waals surface area contributed by atoms with Crippen molar-refractivity contribution in [3.05, 3.63) is 70.2 Å². The zero-order chi connectivity index (χ0) is 16.0. The van der Waals surface area contributed by atoms with Crippen LogP contribution >= 0.6 is 11.6 Å². The largest absolute Gasteiger partial charge is 0.271 e. The molecule has 1 saturated carbocycles. The SMILES string of the molecule is O=C1c2ccccc2C(=O)N1[C@H]1CCC[C@H]1c1ccc(Cl)cc1. The van der Waals surface area contributed by atoms with Crippen molar-refractivity contribution >= 4 is 23.4 Å². The monoisotopic (exact) mass is 325 g/mol. The van der Waals surface area contributed by atoms with Crippen molar-refractivity contribution in [2.45, 2.75) is 31.2 Å². The van der Waals surface area contributed by atoms with Gasteiger partial charge in [0, 0.05) is 17.0 Å². The van der Waals surface area contributed by atoms with Crippen LogP contribution in [0.25, 0.3) is 0 Å². The highest BCUT2D eigenvalue weighted by Gasteiger charge is 2.44. The number of nitrogens with zero attached hydrogens (tertiary/aromatic N) is 1.